The Kier molecular flexibility index (Phi) is 7.42. The number of benzene rings is 2. The van der Waals surface area contributed by atoms with Crippen molar-refractivity contribution >= 4 is 20.7 Å². The minimum absolute atomic E-state index is 0.0365. The van der Waals surface area contributed by atoms with Gasteiger partial charge in [0.05, 0.1) is 10.6 Å². The lowest BCUT2D eigenvalue weighted by molar-refractivity contribution is 0.148. The number of rotatable bonds is 5. The Morgan fingerprint density at radius 1 is 1.07 bits per heavy atom. The van der Waals surface area contributed by atoms with Crippen LogP contribution in [0, 0.1) is 5.82 Å². The molecule has 1 N–H and O–H groups in total. The number of fused-ring (bicyclic) bond motifs is 1. The first-order valence-electron chi connectivity index (χ1n) is 9.95. The molecule has 1 aliphatic heterocycles. The van der Waals surface area contributed by atoms with E-state index in [0.717, 1.165) is 49.2 Å². The van der Waals surface area contributed by atoms with Gasteiger partial charge in [-0.15, -0.1) is 6.58 Å². The first-order chi connectivity index (χ1) is 14.4. The predicted molar refractivity (Wildman–Crippen MR) is 120 cm³/mol. The number of nitrogens with zero attached hydrogens (tertiary/aromatic N) is 2. The van der Waals surface area contributed by atoms with Crippen molar-refractivity contribution < 1.29 is 12.8 Å². The molecule has 1 fully saturated rings. The maximum Gasteiger partial charge on any atom is 0.182 e. The van der Waals surface area contributed by atoms with Crippen molar-refractivity contribution in [1.82, 2.24) is 14.8 Å². The molecule has 3 aromatic rings. The van der Waals surface area contributed by atoms with E-state index in [1.165, 1.54) is 18.2 Å². The fraction of sp³-hybridized carbons (Fsp3) is 0.304. The van der Waals surface area contributed by atoms with Crippen LogP contribution in [-0.2, 0) is 16.4 Å². The molecule has 0 saturated carbocycles. The summed E-state index contributed by atoms with van der Waals surface area (Å²) in [5, 5.41) is 0.827. The van der Waals surface area contributed by atoms with Crippen LogP contribution in [0.25, 0.3) is 10.9 Å². The second-order valence-electron chi connectivity index (χ2n) is 7.44. The zero-order valence-electron chi connectivity index (χ0n) is 17.2. The largest absolute Gasteiger partial charge is 0.361 e. The fourth-order valence-corrected chi connectivity index (χ4v) is 4.84. The number of hydrogen-bond acceptors (Lipinski definition) is 4. The van der Waals surface area contributed by atoms with Crippen molar-refractivity contribution in [1.29, 1.82) is 0 Å². The second-order valence-corrected chi connectivity index (χ2v) is 9.44. The molecule has 2 aromatic carbocycles. The SMILES string of the molecule is C=CCS(=O)(=O)c1cccc2[nH]cc(CN3CCN(C)CC3)c12.Fc1ccccc1. The molecule has 30 heavy (non-hydrogen) atoms. The van der Waals surface area contributed by atoms with E-state index in [2.05, 4.69) is 28.4 Å². The monoisotopic (exact) mass is 429 g/mol. The van der Waals surface area contributed by atoms with E-state index in [-0.39, 0.29) is 11.6 Å². The van der Waals surface area contributed by atoms with Crippen LogP contribution < -0.4 is 0 Å². The van der Waals surface area contributed by atoms with Crippen molar-refractivity contribution in [3.8, 4) is 0 Å². The standard InChI is InChI=1S/C17H23N3O2S.C6H5F/c1-3-11-23(21,22)16-6-4-5-15-17(16)14(12-18-15)13-20-9-7-19(2)8-10-20;7-6-4-2-1-3-5-6/h3-6,12,18H,1,7-11,13H2,2H3;1-5H. The lowest BCUT2D eigenvalue weighted by Gasteiger charge is -2.32. The van der Waals surface area contributed by atoms with Crippen molar-refractivity contribution in [2.75, 3.05) is 39.0 Å². The van der Waals surface area contributed by atoms with Crippen molar-refractivity contribution in [2.24, 2.45) is 0 Å². The lowest BCUT2D eigenvalue weighted by atomic mass is 10.1. The molecule has 7 heteroatoms. The summed E-state index contributed by atoms with van der Waals surface area (Å²) in [4.78, 5) is 8.30. The lowest BCUT2D eigenvalue weighted by Crippen LogP contribution is -2.43. The molecule has 1 aromatic heterocycles. The topological polar surface area (TPSA) is 56.4 Å². The highest BCUT2D eigenvalue weighted by atomic mass is 32.2. The van der Waals surface area contributed by atoms with Gasteiger partial charge in [0.1, 0.15) is 5.82 Å². The summed E-state index contributed by atoms with van der Waals surface area (Å²) in [5.74, 6) is -0.215. The van der Waals surface area contributed by atoms with Crippen LogP contribution in [-0.4, -0.2) is 62.2 Å². The fourth-order valence-electron chi connectivity index (χ4n) is 3.51. The zero-order valence-corrected chi connectivity index (χ0v) is 18.0. The number of sulfone groups is 1. The van der Waals surface area contributed by atoms with Crippen LogP contribution in [0.5, 0.6) is 0 Å². The Morgan fingerprint density at radius 3 is 2.37 bits per heavy atom. The van der Waals surface area contributed by atoms with E-state index in [0.29, 0.717) is 4.90 Å². The van der Waals surface area contributed by atoms with E-state index in [1.54, 1.807) is 30.3 Å². The first-order valence-corrected chi connectivity index (χ1v) is 11.6. The number of likely N-dealkylation sites (N-methyl/N-ethyl adjacent to an activating group) is 1. The minimum Gasteiger partial charge on any atom is -0.361 e. The normalized spacial score (nSPS) is 15.5. The summed E-state index contributed by atoms with van der Waals surface area (Å²) < 4.78 is 37.0. The molecule has 0 aliphatic carbocycles. The van der Waals surface area contributed by atoms with Gasteiger partial charge in [-0.2, -0.15) is 0 Å². The van der Waals surface area contributed by atoms with Crippen LogP contribution in [0.2, 0.25) is 0 Å². The van der Waals surface area contributed by atoms with Gasteiger partial charge in [0.2, 0.25) is 0 Å². The number of nitrogens with one attached hydrogen (secondary N) is 1. The summed E-state index contributed by atoms with van der Waals surface area (Å²) >= 11 is 0. The highest BCUT2D eigenvalue weighted by molar-refractivity contribution is 7.91. The van der Waals surface area contributed by atoms with E-state index >= 15 is 0 Å². The van der Waals surface area contributed by atoms with Gasteiger partial charge in [-0.3, -0.25) is 4.90 Å². The number of hydrogen-bond donors (Lipinski definition) is 1. The van der Waals surface area contributed by atoms with Gasteiger partial charge in [0.15, 0.2) is 9.84 Å². The summed E-state index contributed by atoms with van der Waals surface area (Å²) in [6, 6.07) is 13.3. The molecular weight excluding hydrogens is 401 g/mol. The van der Waals surface area contributed by atoms with Gasteiger partial charge >= 0.3 is 0 Å². The van der Waals surface area contributed by atoms with Gasteiger partial charge in [-0.05, 0) is 36.9 Å². The van der Waals surface area contributed by atoms with Gasteiger partial charge in [0, 0.05) is 49.8 Å². The third-order valence-corrected chi connectivity index (χ3v) is 6.83. The van der Waals surface area contributed by atoms with Crippen molar-refractivity contribution in [2.45, 2.75) is 11.4 Å². The molecule has 0 spiro atoms. The molecule has 0 radical (unpaired) electrons. The molecule has 0 unspecified atom stereocenters. The Balaban J connectivity index is 0.000000310. The third-order valence-electron chi connectivity index (χ3n) is 5.14. The molecule has 4 rings (SSSR count). The molecule has 0 atom stereocenters. The third kappa shape index (κ3) is 5.56. The van der Waals surface area contributed by atoms with Gasteiger partial charge < -0.3 is 9.88 Å². The molecule has 1 saturated heterocycles. The maximum absolute atomic E-state index is 12.5. The molecule has 160 valence electrons. The zero-order chi connectivity index (χ0) is 21.6. The number of halogens is 1. The van der Waals surface area contributed by atoms with Gasteiger partial charge in [0.25, 0.3) is 0 Å². The first kappa shape index (κ1) is 22.2. The number of piperazine rings is 1. The maximum atomic E-state index is 12.5. The number of aromatic nitrogens is 1. The quantitative estimate of drug-likeness (QED) is 0.629. The summed E-state index contributed by atoms with van der Waals surface area (Å²) in [6.45, 7) is 8.44. The minimum atomic E-state index is -3.34. The molecule has 0 amide bonds. The molecular formula is C23H28FN3O2S. The Bertz CT molecular complexity index is 1070. The van der Waals surface area contributed by atoms with Crippen LogP contribution >= 0.6 is 0 Å². The Labute approximate surface area is 177 Å². The smallest absolute Gasteiger partial charge is 0.182 e. The van der Waals surface area contributed by atoms with Gasteiger partial charge in [-0.25, -0.2) is 12.8 Å². The second kappa shape index (κ2) is 10.0. The van der Waals surface area contributed by atoms with E-state index < -0.39 is 9.84 Å². The molecule has 2 heterocycles. The average Bonchev–Trinajstić information content (AvgIpc) is 3.14. The predicted octanol–water partition coefficient (Wildman–Crippen LogP) is 3.70. The van der Waals surface area contributed by atoms with Crippen LogP contribution in [0.15, 0.2) is 72.3 Å². The van der Waals surface area contributed by atoms with E-state index in [9.17, 15) is 12.8 Å². The van der Waals surface area contributed by atoms with Gasteiger partial charge in [-0.1, -0.05) is 30.3 Å². The average molecular weight is 430 g/mol. The Morgan fingerprint density at radius 2 is 1.77 bits per heavy atom. The van der Waals surface area contributed by atoms with Crippen LogP contribution in [0.4, 0.5) is 4.39 Å². The van der Waals surface area contributed by atoms with Crippen molar-refractivity contribution in [3.05, 3.63) is 78.8 Å². The summed E-state index contributed by atoms with van der Waals surface area (Å²) in [6.07, 6.45) is 3.39. The number of aromatic amines is 1. The van der Waals surface area contributed by atoms with E-state index in [1.807, 2.05) is 12.3 Å². The van der Waals surface area contributed by atoms with E-state index in [4.69, 9.17) is 0 Å². The highest BCUT2D eigenvalue weighted by Gasteiger charge is 2.21. The number of H-pyrrole nitrogens is 1. The summed E-state index contributed by atoms with van der Waals surface area (Å²) in [5.41, 5.74) is 1.92. The van der Waals surface area contributed by atoms with Crippen LogP contribution in [0.3, 0.4) is 0 Å². The highest BCUT2D eigenvalue weighted by Crippen LogP contribution is 2.28. The van der Waals surface area contributed by atoms with Crippen molar-refractivity contribution in [3.63, 3.8) is 0 Å². The summed E-state index contributed by atoms with van der Waals surface area (Å²) in [7, 11) is -1.22. The Hall–Kier alpha value is -2.48. The molecule has 1 aliphatic rings. The molecule has 5 nitrogen and oxygen atoms in total. The van der Waals surface area contributed by atoms with Crippen LogP contribution in [0.1, 0.15) is 5.56 Å². The molecule has 0 bridgehead atoms.